The molecule has 1 unspecified atom stereocenters. The second-order valence-corrected chi connectivity index (χ2v) is 19.9. The second kappa shape index (κ2) is 17.1. The van der Waals surface area contributed by atoms with Crippen LogP contribution in [0.25, 0.3) is 10.9 Å². The van der Waals surface area contributed by atoms with Gasteiger partial charge in [-0.15, -0.1) is 0 Å². The number of aliphatic hydroxyl groups is 1. The quantitative estimate of drug-likeness (QED) is 0.127. The number of fused-ring (bicyclic) bond motifs is 2. The molecule has 9 rings (SSSR count). The predicted molar refractivity (Wildman–Crippen MR) is 235 cm³/mol. The van der Waals surface area contributed by atoms with Gasteiger partial charge in [-0.2, -0.15) is 18.3 Å². The van der Waals surface area contributed by atoms with Crippen LogP contribution >= 0.6 is 0 Å². The zero-order chi connectivity index (χ0) is 46.0. The van der Waals surface area contributed by atoms with Crippen molar-refractivity contribution in [2.24, 2.45) is 17.3 Å². The summed E-state index contributed by atoms with van der Waals surface area (Å²) in [6, 6.07) is 11.8. The fourth-order valence-corrected chi connectivity index (χ4v) is 11.5. The molecule has 4 aromatic rings. The van der Waals surface area contributed by atoms with Crippen molar-refractivity contribution in [3.63, 3.8) is 0 Å². The van der Waals surface area contributed by atoms with E-state index < -0.39 is 47.1 Å². The van der Waals surface area contributed by atoms with Crippen LogP contribution in [0.5, 0.6) is 0 Å². The first-order chi connectivity index (χ1) is 30.9. The Morgan fingerprint density at radius 1 is 0.938 bits per heavy atom. The number of benzene rings is 2. The first kappa shape index (κ1) is 44.7. The molecule has 1 saturated heterocycles. The van der Waals surface area contributed by atoms with Gasteiger partial charge < -0.3 is 15.3 Å². The van der Waals surface area contributed by atoms with Gasteiger partial charge in [-0.3, -0.25) is 38.9 Å². The average molecular weight is 896 g/mol. The van der Waals surface area contributed by atoms with Gasteiger partial charge in [0.05, 0.1) is 28.3 Å². The number of piperidine rings is 1. The van der Waals surface area contributed by atoms with E-state index in [1.807, 2.05) is 23.0 Å². The van der Waals surface area contributed by atoms with Crippen LogP contribution in [-0.4, -0.2) is 84.9 Å². The van der Waals surface area contributed by atoms with Crippen molar-refractivity contribution >= 4 is 46.1 Å². The van der Waals surface area contributed by atoms with Crippen LogP contribution in [-0.2, 0) is 27.8 Å². The lowest BCUT2D eigenvalue weighted by molar-refractivity contribution is -0.141. The number of aromatic nitrogens is 3. The van der Waals surface area contributed by atoms with Crippen LogP contribution in [0.1, 0.15) is 151 Å². The Labute approximate surface area is 375 Å². The van der Waals surface area contributed by atoms with Gasteiger partial charge in [0.15, 0.2) is 0 Å². The molecule has 5 aliphatic rings. The Morgan fingerprint density at radius 3 is 2.35 bits per heavy atom. The Balaban J connectivity index is 0.742. The highest BCUT2D eigenvalue weighted by atomic mass is 19.4. The van der Waals surface area contributed by atoms with Crippen LogP contribution in [0.3, 0.4) is 0 Å². The first-order valence-corrected chi connectivity index (χ1v) is 23.0. The Morgan fingerprint density at radius 2 is 1.66 bits per heavy atom. The van der Waals surface area contributed by atoms with Gasteiger partial charge in [-0.25, -0.2) is 4.98 Å². The van der Waals surface area contributed by atoms with Gasteiger partial charge in [0.25, 0.3) is 17.7 Å². The van der Waals surface area contributed by atoms with E-state index in [9.17, 15) is 42.3 Å². The minimum atomic E-state index is -4.69. The molecule has 1 atom stereocenters. The standard InChI is InChI=1S/C49H56F3N7O6/c1-47(2,65)35-23-37-31(22-38(35)54-43(61)36-8-5-9-40(53-36)49(50,51)52)27-58(56-37)33-14-11-28(12-15-33)26-57(3)32-18-20-48(21-19-32)24-29(25-48)10-13-30-6-4-7-34-42(30)46(64)59(45(34)63)39-16-17-41(60)55-44(39)62/h4-9,22-23,27-29,32-33,39,65H,10-21,24-26H2,1-3H3,(H,54,61)(H,55,60,62). The largest absolute Gasteiger partial charge is 0.433 e. The topological polar surface area (TPSA) is 167 Å². The summed E-state index contributed by atoms with van der Waals surface area (Å²) in [6.45, 7) is 4.21. The molecule has 3 saturated carbocycles. The van der Waals surface area contributed by atoms with Crippen LogP contribution in [0.2, 0.25) is 0 Å². The van der Waals surface area contributed by atoms with E-state index in [1.54, 1.807) is 32.0 Å². The molecule has 2 aromatic carbocycles. The molecule has 3 N–H and O–H groups in total. The number of hydrogen-bond donors (Lipinski definition) is 3. The van der Waals surface area contributed by atoms with Gasteiger partial charge >= 0.3 is 6.18 Å². The van der Waals surface area contributed by atoms with Crippen molar-refractivity contribution < 1.29 is 42.3 Å². The number of rotatable bonds is 11. The van der Waals surface area contributed by atoms with E-state index in [-0.39, 0.29) is 36.2 Å². The molecule has 0 radical (unpaired) electrons. The van der Waals surface area contributed by atoms with Crippen molar-refractivity contribution in [2.75, 3.05) is 18.9 Å². The zero-order valence-corrected chi connectivity index (χ0v) is 37.0. The van der Waals surface area contributed by atoms with Crippen LogP contribution in [0.4, 0.5) is 18.9 Å². The maximum atomic E-state index is 13.6. The molecule has 344 valence electrons. The molecule has 4 fully saturated rings. The van der Waals surface area contributed by atoms with E-state index in [1.165, 1.54) is 44.6 Å². The number of amides is 5. The SMILES string of the molecule is CN(CC1CCC(n2cc3cc(NC(=O)c4cccc(C(F)(F)F)n4)c(C(C)(C)O)cc3n2)CC1)C1CCC2(CC1)CC(CCc1cccc3c1C(=O)N(C1CCC(=O)NC1=O)C3=O)C2. The van der Waals surface area contributed by atoms with E-state index >= 15 is 0 Å². The molecule has 1 spiro atoms. The highest BCUT2D eigenvalue weighted by Crippen LogP contribution is 2.56. The van der Waals surface area contributed by atoms with Crippen LogP contribution in [0.15, 0.2) is 54.7 Å². The molecule has 65 heavy (non-hydrogen) atoms. The van der Waals surface area contributed by atoms with Crippen molar-refractivity contribution in [1.29, 1.82) is 0 Å². The van der Waals surface area contributed by atoms with Crippen molar-refractivity contribution in [3.05, 3.63) is 88.4 Å². The highest BCUT2D eigenvalue weighted by Gasteiger charge is 2.48. The number of pyridine rings is 1. The third-order valence-electron chi connectivity index (χ3n) is 15.0. The molecule has 2 aliphatic heterocycles. The zero-order valence-electron chi connectivity index (χ0n) is 37.0. The summed E-state index contributed by atoms with van der Waals surface area (Å²) < 4.78 is 41.8. The molecule has 13 nitrogen and oxygen atoms in total. The number of carbonyl (C=O) groups is 5. The molecule has 0 bridgehead atoms. The van der Waals surface area contributed by atoms with Crippen molar-refractivity contribution in [2.45, 2.75) is 134 Å². The molecular formula is C49H56F3N7O6. The first-order valence-electron chi connectivity index (χ1n) is 23.0. The number of anilines is 1. The molecule has 4 heterocycles. The maximum Gasteiger partial charge on any atom is 0.433 e. The van der Waals surface area contributed by atoms with E-state index in [0.29, 0.717) is 51.9 Å². The second-order valence-electron chi connectivity index (χ2n) is 19.9. The number of imide groups is 2. The summed E-state index contributed by atoms with van der Waals surface area (Å²) in [5.41, 5.74) is 0.384. The maximum absolute atomic E-state index is 13.6. The average Bonchev–Trinajstić information content (AvgIpc) is 3.79. The number of carbonyl (C=O) groups excluding carboxylic acids is 5. The number of nitrogens with one attached hydrogen (secondary N) is 2. The Hall–Kier alpha value is -5.48. The molecule has 5 amide bonds. The Bertz CT molecular complexity index is 2540. The fourth-order valence-electron chi connectivity index (χ4n) is 11.5. The van der Waals surface area contributed by atoms with E-state index in [0.717, 1.165) is 66.6 Å². The lowest BCUT2D eigenvalue weighted by Crippen LogP contribution is -2.54. The third kappa shape index (κ3) is 8.95. The smallest absolute Gasteiger partial charge is 0.386 e. The minimum Gasteiger partial charge on any atom is -0.386 e. The molecular weight excluding hydrogens is 840 g/mol. The number of aryl methyl sites for hydroxylation is 1. The lowest BCUT2D eigenvalue weighted by atomic mass is 9.54. The van der Waals surface area contributed by atoms with Gasteiger partial charge in [0.1, 0.15) is 17.4 Å². The molecule has 2 aromatic heterocycles. The van der Waals surface area contributed by atoms with Gasteiger partial charge in [0.2, 0.25) is 11.8 Å². The van der Waals surface area contributed by atoms with E-state index in [4.69, 9.17) is 5.10 Å². The summed E-state index contributed by atoms with van der Waals surface area (Å²) in [7, 11) is 2.27. The van der Waals surface area contributed by atoms with Crippen LogP contribution < -0.4 is 10.6 Å². The lowest BCUT2D eigenvalue weighted by Gasteiger charge is -2.53. The third-order valence-corrected chi connectivity index (χ3v) is 15.0. The monoisotopic (exact) mass is 895 g/mol. The summed E-state index contributed by atoms with van der Waals surface area (Å²) in [4.78, 5) is 71.3. The predicted octanol–water partition coefficient (Wildman–Crippen LogP) is 7.97. The number of hydrogen-bond acceptors (Lipinski definition) is 9. The van der Waals surface area contributed by atoms with Gasteiger partial charge in [0, 0.05) is 41.8 Å². The summed E-state index contributed by atoms with van der Waals surface area (Å²) in [6.07, 6.45) is 10.4. The highest BCUT2D eigenvalue weighted by molar-refractivity contribution is 6.24. The molecule has 16 heteroatoms. The fraction of sp³-hybridized carbons (Fsp3) is 0.531. The summed E-state index contributed by atoms with van der Waals surface area (Å²) in [5, 5.41) is 21.6. The number of halogens is 3. The van der Waals surface area contributed by atoms with Gasteiger partial charge in [-0.1, -0.05) is 18.2 Å². The minimum absolute atomic E-state index is 0.0934. The summed E-state index contributed by atoms with van der Waals surface area (Å²) >= 11 is 0. The Kier molecular flexibility index (Phi) is 11.7. The number of alkyl halides is 3. The molecule has 3 aliphatic carbocycles. The van der Waals surface area contributed by atoms with Gasteiger partial charge in [-0.05, 0) is 158 Å². The van der Waals surface area contributed by atoms with Crippen molar-refractivity contribution in [3.8, 4) is 0 Å². The summed E-state index contributed by atoms with van der Waals surface area (Å²) in [5.74, 6) is -1.55. The van der Waals surface area contributed by atoms with Crippen molar-refractivity contribution in [1.82, 2.24) is 29.9 Å². The normalized spacial score (nSPS) is 26.2. The number of nitrogens with zero attached hydrogens (tertiary/aromatic N) is 5. The van der Waals surface area contributed by atoms with Crippen LogP contribution in [0, 0.1) is 17.3 Å². The van der Waals surface area contributed by atoms with E-state index in [2.05, 4.69) is 27.6 Å².